The van der Waals surface area contributed by atoms with E-state index in [1.54, 1.807) is 42.7 Å². The van der Waals surface area contributed by atoms with Crippen LogP contribution in [-0.2, 0) is 19.9 Å². The highest BCUT2D eigenvalue weighted by molar-refractivity contribution is 8.01. The van der Waals surface area contributed by atoms with Gasteiger partial charge in [-0.15, -0.1) is 23.1 Å². The topological polar surface area (TPSA) is 132 Å². The molecule has 2 aromatic carbocycles. The molecule has 0 aliphatic carbocycles. The number of sulfonamides is 1. The van der Waals surface area contributed by atoms with Crippen LogP contribution >= 0.6 is 23.1 Å². The van der Waals surface area contributed by atoms with Gasteiger partial charge >= 0.3 is 0 Å². The van der Waals surface area contributed by atoms with Gasteiger partial charge in [0.25, 0.3) is 0 Å². The molecule has 3 aromatic rings. The van der Waals surface area contributed by atoms with Crippen molar-refractivity contribution in [1.82, 2.24) is 0 Å². The van der Waals surface area contributed by atoms with E-state index in [0.29, 0.717) is 25.9 Å². The number of benzene rings is 2. The molecule has 0 aliphatic heterocycles. The number of nitrogens with two attached hydrogens (primary N) is 2. The molecule has 0 saturated carbocycles. The van der Waals surface area contributed by atoms with Crippen molar-refractivity contribution < 1.29 is 16.8 Å². The zero-order valence-electron chi connectivity index (χ0n) is 16.2. The van der Waals surface area contributed by atoms with Gasteiger partial charge in [-0.25, -0.2) is 16.8 Å². The van der Waals surface area contributed by atoms with Gasteiger partial charge in [0.1, 0.15) is 0 Å². The number of rotatable bonds is 7. The number of thioether (sulfide) groups is 1. The normalized spacial score (nSPS) is 12.3. The Morgan fingerprint density at radius 1 is 1.00 bits per heavy atom. The molecular formula is C19H21N3O4S4. The van der Waals surface area contributed by atoms with Gasteiger partial charge in [-0.3, -0.25) is 4.72 Å². The molecule has 0 atom stereocenters. The second-order valence-electron chi connectivity index (χ2n) is 6.48. The SMILES string of the molecule is CSc1sc(C(N)N)cc1S(=O)(=O)c1cccc(-c2ccccc2NS(C)(=O)=O)c1. The van der Waals surface area contributed by atoms with E-state index in [0.717, 1.165) is 6.26 Å². The van der Waals surface area contributed by atoms with Crippen LogP contribution in [0.2, 0.25) is 0 Å². The molecule has 3 rings (SSSR count). The molecule has 0 radical (unpaired) electrons. The fourth-order valence-corrected chi connectivity index (χ4v) is 7.40. The predicted molar refractivity (Wildman–Crippen MR) is 123 cm³/mol. The second-order valence-corrected chi connectivity index (χ2v) is 12.3. The van der Waals surface area contributed by atoms with Crippen molar-refractivity contribution in [3.8, 4) is 11.1 Å². The number of anilines is 1. The smallest absolute Gasteiger partial charge is 0.229 e. The van der Waals surface area contributed by atoms with Crippen molar-refractivity contribution in [2.75, 3.05) is 17.2 Å². The summed E-state index contributed by atoms with van der Waals surface area (Å²) in [6.07, 6.45) is 2.09. The molecule has 0 saturated heterocycles. The Balaban J connectivity index is 2.11. The van der Waals surface area contributed by atoms with Crippen LogP contribution in [0.3, 0.4) is 0 Å². The Morgan fingerprint density at radius 3 is 2.33 bits per heavy atom. The summed E-state index contributed by atoms with van der Waals surface area (Å²) in [6.45, 7) is 0. The molecule has 0 amide bonds. The van der Waals surface area contributed by atoms with E-state index in [-0.39, 0.29) is 9.79 Å². The maximum absolute atomic E-state index is 13.3. The van der Waals surface area contributed by atoms with E-state index in [1.165, 1.54) is 41.3 Å². The summed E-state index contributed by atoms with van der Waals surface area (Å²) >= 11 is 2.57. The van der Waals surface area contributed by atoms with E-state index >= 15 is 0 Å². The van der Waals surface area contributed by atoms with Gasteiger partial charge in [-0.1, -0.05) is 30.3 Å². The molecule has 1 aromatic heterocycles. The highest BCUT2D eigenvalue weighted by atomic mass is 32.2. The first-order valence-electron chi connectivity index (χ1n) is 8.64. The number of nitrogens with one attached hydrogen (secondary N) is 1. The van der Waals surface area contributed by atoms with Crippen LogP contribution in [0.5, 0.6) is 0 Å². The third kappa shape index (κ3) is 4.88. The van der Waals surface area contributed by atoms with Gasteiger partial charge in [0.2, 0.25) is 19.9 Å². The lowest BCUT2D eigenvalue weighted by atomic mass is 10.0. The van der Waals surface area contributed by atoms with Gasteiger partial charge in [0.15, 0.2) is 0 Å². The first kappa shape index (κ1) is 22.8. The standard InChI is InChI=1S/C19H21N3O4S4/c1-27-19-17(11-16(28-19)18(20)21)30(25,26)13-7-5-6-12(10-13)14-8-3-4-9-15(14)22-29(2,23)24/h3-11,18,22H,20-21H2,1-2H3. The van der Waals surface area contributed by atoms with Crippen LogP contribution in [0.25, 0.3) is 11.1 Å². The summed E-state index contributed by atoms with van der Waals surface area (Å²) in [7, 11) is -7.33. The van der Waals surface area contributed by atoms with E-state index in [4.69, 9.17) is 11.5 Å². The first-order valence-corrected chi connectivity index (χ1v) is 14.1. The molecule has 0 unspecified atom stereocenters. The van der Waals surface area contributed by atoms with Crippen molar-refractivity contribution in [2.24, 2.45) is 11.5 Å². The summed E-state index contributed by atoms with van der Waals surface area (Å²) in [6, 6.07) is 14.7. The molecule has 0 fully saturated rings. The molecule has 5 N–H and O–H groups in total. The quantitative estimate of drug-likeness (QED) is 0.347. The van der Waals surface area contributed by atoms with Crippen LogP contribution in [-0.4, -0.2) is 29.3 Å². The van der Waals surface area contributed by atoms with Crippen LogP contribution in [0.4, 0.5) is 5.69 Å². The van der Waals surface area contributed by atoms with E-state index in [9.17, 15) is 16.8 Å². The monoisotopic (exact) mass is 483 g/mol. The van der Waals surface area contributed by atoms with E-state index in [2.05, 4.69) is 4.72 Å². The Hall–Kier alpha value is -1.89. The number of sulfone groups is 1. The van der Waals surface area contributed by atoms with Crippen molar-refractivity contribution in [2.45, 2.75) is 20.2 Å². The summed E-state index contributed by atoms with van der Waals surface area (Å²) in [4.78, 5) is 0.840. The lowest BCUT2D eigenvalue weighted by Gasteiger charge is -2.12. The zero-order chi connectivity index (χ0) is 22.1. The highest BCUT2D eigenvalue weighted by Gasteiger charge is 2.25. The lowest BCUT2D eigenvalue weighted by Crippen LogP contribution is -2.18. The first-order chi connectivity index (χ1) is 14.0. The molecule has 7 nitrogen and oxygen atoms in total. The average Bonchev–Trinajstić information content (AvgIpc) is 3.13. The summed E-state index contributed by atoms with van der Waals surface area (Å²) in [5.41, 5.74) is 13.0. The molecule has 0 aliphatic rings. The summed E-state index contributed by atoms with van der Waals surface area (Å²) < 4.78 is 53.2. The number of hydrogen-bond acceptors (Lipinski definition) is 8. The Morgan fingerprint density at radius 2 is 1.70 bits per heavy atom. The minimum Gasteiger partial charge on any atom is -0.312 e. The summed E-state index contributed by atoms with van der Waals surface area (Å²) in [5, 5.41) is 0. The zero-order valence-corrected chi connectivity index (χ0v) is 19.5. The molecule has 0 spiro atoms. The largest absolute Gasteiger partial charge is 0.312 e. The predicted octanol–water partition coefficient (Wildman–Crippen LogP) is 3.26. The number of hydrogen-bond donors (Lipinski definition) is 3. The molecule has 30 heavy (non-hydrogen) atoms. The molecule has 0 bridgehead atoms. The fourth-order valence-electron chi connectivity index (χ4n) is 2.85. The van der Waals surface area contributed by atoms with Gasteiger partial charge in [-0.05, 0) is 36.1 Å². The van der Waals surface area contributed by atoms with E-state index in [1.807, 2.05) is 0 Å². The average molecular weight is 484 g/mol. The number of para-hydroxylation sites is 1. The minimum atomic E-state index is -3.83. The van der Waals surface area contributed by atoms with Gasteiger partial charge < -0.3 is 11.5 Å². The van der Waals surface area contributed by atoms with Crippen LogP contribution in [0.1, 0.15) is 11.0 Å². The van der Waals surface area contributed by atoms with Gasteiger partial charge in [-0.2, -0.15) is 0 Å². The molecular weight excluding hydrogens is 462 g/mol. The van der Waals surface area contributed by atoms with Gasteiger partial charge in [0, 0.05) is 10.4 Å². The third-order valence-corrected chi connectivity index (χ3v) is 9.16. The van der Waals surface area contributed by atoms with Crippen LogP contribution in [0.15, 0.2) is 68.6 Å². The van der Waals surface area contributed by atoms with Crippen LogP contribution < -0.4 is 16.2 Å². The Bertz CT molecular complexity index is 1280. The van der Waals surface area contributed by atoms with Gasteiger partial charge in [0.05, 0.1) is 32.1 Å². The molecule has 11 heteroatoms. The minimum absolute atomic E-state index is 0.0967. The Labute approximate surface area is 184 Å². The van der Waals surface area contributed by atoms with E-state index < -0.39 is 26.0 Å². The van der Waals surface area contributed by atoms with Crippen molar-refractivity contribution >= 4 is 48.6 Å². The lowest BCUT2D eigenvalue weighted by molar-refractivity contribution is 0.594. The van der Waals surface area contributed by atoms with Crippen molar-refractivity contribution in [1.29, 1.82) is 0 Å². The molecule has 160 valence electrons. The number of thiophene rings is 1. The van der Waals surface area contributed by atoms with Crippen molar-refractivity contribution in [3.05, 3.63) is 59.5 Å². The molecule has 1 heterocycles. The maximum atomic E-state index is 13.3. The summed E-state index contributed by atoms with van der Waals surface area (Å²) in [5.74, 6) is 0. The second kappa shape index (κ2) is 8.69. The fraction of sp³-hybridized carbons (Fsp3) is 0.158. The highest BCUT2D eigenvalue weighted by Crippen LogP contribution is 2.39. The van der Waals surface area contributed by atoms with Crippen molar-refractivity contribution in [3.63, 3.8) is 0 Å². The maximum Gasteiger partial charge on any atom is 0.229 e. The van der Waals surface area contributed by atoms with Crippen LogP contribution in [0, 0.1) is 0 Å². The Kier molecular flexibility index (Phi) is 6.60. The third-order valence-electron chi connectivity index (χ3n) is 4.17.